The number of morpholine rings is 1. The van der Waals surface area contributed by atoms with Gasteiger partial charge in [-0.3, -0.25) is 14.3 Å². The maximum Gasteiger partial charge on any atom is 0.225 e. The molecule has 3 aromatic carbocycles. The van der Waals surface area contributed by atoms with E-state index in [2.05, 4.69) is 5.10 Å². The summed E-state index contributed by atoms with van der Waals surface area (Å²) in [5.74, 6) is 0.524. The van der Waals surface area contributed by atoms with Crippen LogP contribution in [0.5, 0.6) is 5.75 Å². The van der Waals surface area contributed by atoms with Gasteiger partial charge in [-0.1, -0.05) is 60.1 Å². The molecule has 40 heavy (non-hydrogen) atoms. The van der Waals surface area contributed by atoms with E-state index in [1.807, 2.05) is 65.5 Å². The normalized spacial score (nSPS) is 17.1. The molecule has 1 saturated heterocycles. The number of amides is 2. The van der Waals surface area contributed by atoms with E-state index in [4.69, 9.17) is 21.1 Å². The monoisotopic (exact) mass is 560 g/mol. The molecule has 1 aromatic heterocycles. The first-order valence-corrected chi connectivity index (χ1v) is 13.8. The largest absolute Gasteiger partial charge is 0.490 e. The van der Waals surface area contributed by atoms with E-state index < -0.39 is 5.60 Å². The van der Waals surface area contributed by atoms with Crippen LogP contribution in [0.4, 0.5) is 0 Å². The minimum absolute atomic E-state index is 0.0103. The number of hydrogen-bond acceptors (Lipinski definition) is 5. The predicted molar refractivity (Wildman–Crippen MR) is 154 cm³/mol. The molecule has 0 bridgehead atoms. The number of benzene rings is 3. The van der Waals surface area contributed by atoms with Gasteiger partial charge < -0.3 is 19.3 Å². The first kappa shape index (κ1) is 27.7. The summed E-state index contributed by atoms with van der Waals surface area (Å²) in [5.41, 5.74) is 1.04. The fraction of sp³-hybridized carbons (Fsp3) is 0.323. The van der Waals surface area contributed by atoms with Crippen molar-refractivity contribution in [2.24, 2.45) is 0 Å². The van der Waals surface area contributed by atoms with Gasteiger partial charge in [0.15, 0.2) is 0 Å². The second kappa shape index (κ2) is 12.5. The topological polar surface area (TPSA) is 76.9 Å². The minimum Gasteiger partial charge on any atom is -0.490 e. The lowest BCUT2D eigenvalue weighted by atomic mass is 9.96. The summed E-state index contributed by atoms with van der Waals surface area (Å²) in [7, 11) is 1.78. The molecular weight excluding hydrogens is 528 g/mol. The molecule has 8 nitrogen and oxygen atoms in total. The highest BCUT2D eigenvalue weighted by Gasteiger charge is 2.42. The smallest absolute Gasteiger partial charge is 0.225 e. The van der Waals surface area contributed by atoms with E-state index in [-0.39, 0.29) is 31.4 Å². The summed E-state index contributed by atoms with van der Waals surface area (Å²) >= 11 is 6.03. The van der Waals surface area contributed by atoms with Gasteiger partial charge in [0.25, 0.3) is 0 Å². The average molecular weight is 561 g/mol. The molecule has 0 aliphatic carbocycles. The first-order chi connectivity index (χ1) is 19.4. The molecule has 1 unspecified atom stereocenters. The number of aryl methyl sites for hydroxylation is 1. The van der Waals surface area contributed by atoms with Crippen LogP contribution in [-0.4, -0.2) is 70.3 Å². The van der Waals surface area contributed by atoms with Crippen LogP contribution in [0.15, 0.2) is 85.1 Å². The Hall–Kier alpha value is -3.88. The number of aromatic nitrogens is 2. The Morgan fingerprint density at radius 1 is 1.05 bits per heavy atom. The van der Waals surface area contributed by atoms with Crippen molar-refractivity contribution in [3.63, 3.8) is 0 Å². The number of para-hydroxylation sites is 1. The van der Waals surface area contributed by atoms with Gasteiger partial charge in [-0.25, -0.2) is 0 Å². The average Bonchev–Trinajstić information content (AvgIpc) is 3.39. The number of nitrogens with zero attached hydrogens (tertiary/aromatic N) is 4. The molecule has 5 rings (SSSR count). The van der Waals surface area contributed by atoms with Gasteiger partial charge >= 0.3 is 0 Å². The molecule has 9 heteroatoms. The Bertz CT molecular complexity index is 1440. The molecule has 0 spiro atoms. The summed E-state index contributed by atoms with van der Waals surface area (Å²) in [6.07, 6.45) is 2.18. The van der Waals surface area contributed by atoms with E-state index in [9.17, 15) is 9.59 Å². The zero-order valence-corrected chi connectivity index (χ0v) is 23.3. The Balaban J connectivity index is 1.28. The molecule has 1 atom stereocenters. The van der Waals surface area contributed by atoms with Gasteiger partial charge in [0.2, 0.25) is 11.8 Å². The Kier molecular flexibility index (Phi) is 8.67. The van der Waals surface area contributed by atoms with Gasteiger partial charge in [0, 0.05) is 37.0 Å². The highest BCUT2D eigenvalue weighted by Crippen LogP contribution is 2.27. The molecule has 2 amide bonds. The van der Waals surface area contributed by atoms with Crippen LogP contribution < -0.4 is 4.74 Å². The number of ether oxygens (including phenoxy) is 2. The lowest BCUT2D eigenvalue weighted by Gasteiger charge is -2.42. The Morgan fingerprint density at radius 3 is 2.60 bits per heavy atom. The minimum atomic E-state index is -0.992. The van der Waals surface area contributed by atoms with Crippen LogP contribution in [0.1, 0.15) is 18.4 Å². The van der Waals surface area contributed by atoms with Gasteiger partial charge in [-0.2, -0.15) is 5.10 Å². The van der Waals surface area contributed by atoms with Crippen LogP contribution in [-0.2, 0) is 27.4 Å². The van der Waals surface area contributed by atoms with Crippen molar-refractivity contribution in [1.29, 1.82) is 0 Å². The molecule has 0 radical (unpaired) electrons. The van der Waals surface area contributed by atoms with E-state index >= 15 is 0 Å². The standard InChI is InChI=1S/C31H33ClN4O4/c1-34(21-24-7-3-2-4-8-24)30(38)19-31(23-39-27-13-11-26(32)12-14-27)22-35(17-18-40-31)29(37)15-16-36-28-10-6-5-9-25(28)20-33-36/h2-14,20H,15-19,21-23H2,1H3. The lowest BCUT2D eigenvalue weighted by molar-refractivity contribution is -0.165. The summed E-state index contributed by atoms with van der Waals surface area (Å²) in [6.45, 7) is 2.09. The number of halogens is 1. The van der Waals surface area contributed by atoms with Crippen LogP contribution >= 0.6 is 11.6 Å². The van der Waals surface area contributed by atoms with Crippen molar-refractivity contribution in [2.75, 3.05) is 33.4 Å². The maximum absolute atomic E-state index is 13.4. The van der Waals surface area contributed by atoms with Gasteiger partial charge in [-0.15, -0.1) is 0 Å². The van der Waals surface area contributed by atoms with Crippen molar-refractivity contribution < 1.29 is 19.1 Å². The lowest BCUT2D eigenvalue weighted by Crippen LogP contribution is -2.58. The number of fused-ring (bicyclic) bond motifs is 1. The molecule has 1 aliphatic heterocycles. The molecule has 208 valence electrons. The third-order valence-electron chi connectivity index (χ3n) is 7.17. The SMILES string of the molecule is CN(Cc1ccccc1)C(=O)CC1(COc2ccc(Cl)cc2)CN(C(=O)CCn2ncc3ccccc32)CCO1. The summed E-state index contributed by atoms with van der Waals surface area (Å²) in [4.78, 5) is 30.3. The zero-order chi connectivity index (χ0) is 28.0. The molecule has 1 aliphatic rings. The Labute approximate surface area is 239 Å². The quantitative estimate of drug-likeness (QED) is 0.278. The Morgan fingerprint density at radius 2 is 1.80 bits per heavy atom. The molecule has 2 heterocycles. The van der Waals surface area contributed by atoms with Crippen molar-refractivity contribution in [3.8, 4) is 5.75 Å². The van der Waals surface area contributed by atoms with E-state index in [1.165, 1.54) is 0 Å². The molecular formula is C31H33ClN4O4. The van der Waals surface area contributed by atoms with Gasteiger partial charge in [0.1, 0.15) is 18.0 Å². The number of carbonyl (C=O) groups is 2. The second-order valence-electron chi connectivity index (χ2n) is 10.2. The molecule has 0 saturated carbocycles. The third kappa shape index (κ3) is 6.81. The molecule has 1 fully saturated rings. The van der Waals surface area contributed by atoms with Crippen LogP contribution in [0, 0.1) is 0 Å². The van der Waals surface area contributed by atoms with Crippen molar-refractivity contribution in [1.82, 2.24) is 19.6 Å². The fourth-order valence-corrected chi connectivity index (χ4v) is 5.09. The number of rotatable bonds is 10. The van der Waals surface area contributed by atoms with Crippen LogP contribution in [0.3, 0.4) is 0 Å². The summed E-state index contributed by atoms with van der Waals surface area (Å²) in [5, 5.41) is 6.09. The van der Waals surface area contributed by atoms with Crippen LogP contribution in [0.2, 0.25) is 5.02 Å². The number of hydrogen-bond donors (Lipinski definition) is 0. The zero-order valence-electron chi connectivity index (χ0n) is 22.5. The third-order valence-corrected chi connectivity index (χ3v) is 7.42. The summed E-state index contributed by atoms with van der Waals surface area (Å²) in [6, 6.07) is 24.8. The van der Waals surface area contributed by atoms with E-state index in [0.29, 0.717) is 43.4 Å². The van der Waals surface area contributed by atoms with Crippen molar-refractivity contribution in [2.45, 2.75) is 31.5 Å². The molecule has 4 aromatic rings. The number of carbonyl (C=O) groups excluding carboxylic acids is 2. The second-order valence-corrected chi connectivity index (χ2v) is 10.6. The first-order valence-electron chi connectivity index (χ1n) is 13.4. The van der Waals surface area contributed by atoms with Gasteiger partial charge in [0.05, 0.1) is 37.8 Å². The van der Waals surface area contributed by atoms with E-state index in [1.54, 1.807) is 41.1 Å². The van der Waals surface area contributed by atoms with Gasteiger partial charge in [-0.05, 0) is 35.9 Å². The van der Waals surface area contributed by atoms with Crippen molar-refractivity contribution in [3.05, 3.63) is 95.6 Å². The van der Waals surface area contributed by atoms with Crippen molar-refractivity contribution >= 4 is 34.3 Å². The molecule has 0 N–H and O–H groups in total. The maximum atomic E-state index is 13.4. The predicted octanol–water partition coefficient (Wildman–Crippen LogP) is 4.81. The van der Waals surface area contributed by atoms with E-state index in [0.717, 1.165) is 16.5 Å². The highest BCUT2D eigenvalue weighted by atomic mass is 35.5. The fourth-order valence-electron chi connectivity index (χ4n) is 4.97. The summed E-state index contributed by atoms with van der Waals surface area (Å²) < 4.78 is 14.2. The highest BCUT2D eigenvalue weighted by molar-refractivity contribution is 6.30. The van der Waals surface area contributed by atoms with Crippen LogP contribution in [0.25, 0.3) is 10.9 Å².